The van der Waals surface area contributed by atoms with Gasteiger partial charge in [-0.05, 0) is 24.6 Å². The van der Waals surface area contributed by atoms with E-state index in [9.17, 15) is 13.2 Å². The van der Waals surface area contributed by atoms with Crippen LogP contribution in [0, 0.1) is 6.92 Å². The number of carbonyl (C=O) groups excluding carboxylic acids is 1. The number of nitrogens with one attached hydrogen (secondary N) is 1. The summed E-state index contributed by atoms with van der Waals surface area (Å²) in [5.41, 5.74) is 2.45. The molecule has 0 radical (unpaired) electrons. The number of aromatic nitrogens is 1. The summed E-state index contributed by atoms with van der Waals surface area (Å²) in [5.74, 6) is -0.407. The first-order valence-electron chi connectivity index (χ1n) is 7.05. The van der Waals surface area contributed by atoms with Crippen LogP contribution < -0.4 is 5.32 Å². The van der Waals surface area contributed by atoms with Crippen LogP contribution in [0.5, 0.6) is 0 Å². The summed E-state index contributed by atoms with van der Waals surface area (Å²) >= 11 is 0. The number of hydrogen-bond donors (Lipinski definition) is 1. The standard InChI is InChI=1S/C16H19N3O3S/c1-13-5-7-14(8-6-13)11-19(23(2,21)22)12-16(20)18-15-4-3-9-17-10-15/h3-10H,11-12H2,1-2H3,(H,18,20). The molecule has 0 fully saturated rings. The van der Waals surface area contributed by atoms with Gasteiger partial charge in [0.15, 0.2) is 0 Å². The highest BCUT2D eigenvalue weighted by atomic mass is 32.2. The zero-order valence-corrected chi connectivity index (χ0v) is 13.9. The van der Waals surface area contributed by atoms with Crippen molar-refractivity contribution in [3.8, 4) is 0 Å². The Balaban J connectivity index is 2.07. The summed E-state index contributed by atoms with van der Waals surface area (Å²) in [5, 5.41) is 2.63. The van der Waals surface area contributed by atoms with Crippen molar-refractivity contribution in [3.05, 3.63) is 59.9 Å². The number of pyridine rings is 1. The molecule has 0 saturated carbocycles. The number of rotatable bonds is 6. The molecule has 0 spiro atoms. The quantitative estimate of drug-likeness (QED) is 0.874. The molecule has 1 N–H and O–H groups in total. The van der Waals surface area contributed by atoms with Crippen LogP contribution >= 0.6 is 0 Å². The summed E-state index contributed by atoms with van der Waals surface area (Å²) in [6.45, 7) is 1.86. The molecule has 2 aromatic rings. The lowest BCUT2D eigenvalue weighted by molar-refractivity contribution is -0.116. The van der Waals surface area contributed by atoms with Crippen LogP contribution in [0.4, 0.5) is 5.69 Å². The Kier molecular flexibility index (Phi) is 5.46. The lowest BCUT2D eigenvalue weighted by Gasteiger charge is -2.19. The van der Waals surface area contributed by atoms with Crippen LogP contribution in [0.1, 0.15) is 11.1 Å². The van der Waals surface area contributed by atoms with E-state index in [-0.39, 0.29) is 13.1 Å². The molecular weight excluding hydrogens is 314 g/mol. The predicted molar refractivity (Wildman–Crippen MR) is 89.3 cm³/mol. The Morgan fingerprint density at radius 2 is 1.91 bits per heavy atom. The number of hydrogen-bond acceptors (Lipinski definition) is 4. The lowest BCUT2D eigenvalue weighted by atomic mass is 10.1. The maximum Gasteiger partial charge on any atom is 0.239 e. The van der Waals surface area contributed by atoms with E-state index < -0.39 is 15.9 Å². The lowest BCUT2D eigenvalue weighted by Crippen LogP contribution is -2.36. The van der Waals surface area contributed by atoms with E-state index in [0.717, 1.165) is 21.7 Å². The van der Waals surface area contributed by atoms with Crippen molar-refractivity contribution in [3.63, 3.8) is 0 Å². The third-order valence-corrected chi connectivity index (χ3v) is 4.41. The molecule has 2 rings (SSSR count). The zero-order chi connectivity index (χ0) is 16.9. The highest BCUT2D eigenvalue weighted by Gasteiger charge is 2.20. The van der Waals surface area contributed by atoms with E-state index in [1.54, 1.807) is 18.3 Å². The van der Waals surface area contributed by atoms with E-state index in [0.29, 0.717) is 5.69 Å². The van der Waals surface area contributed by atoms with Gasteiger partial charge in [-0.3, -0.25) is 9.78 Å². The smallest absolute Gasteiger partial charge is 0.239 e. The second kappa shape index (κ2) is 7.34. The third kappa shape index (κ3) is 5.46. The Morgan fingerprint density at radius 1 is 1.22 bits per heavy atom. The Labute approximate surface area is 136 Å². The molecular formula is C16H19N3O3S. The molecule has 0 atom stereocenters. The van der Waals surface area contributed by atoms with Crippen molar-refractivity contribution in [2.75, 3.05) is 18.1 Å². The average Bonchev–Trinajstić information content (AvgIpc) is 2.49. The van der Waals surface area contributed by atoms with Crippen LogP contribution in [0.3, 0.4) is 0 Å². The van der Waals surface area contributed by atoms with Crippen molar-refractivity contribution in [2.24, 2.45) is 0 Å². The fourth-order valence-electron chi connectivity index (χ4n) is 1.98. The molecule has 0 bridgehead atoms. The highest BCUT2D eigenvalue weighted by Crippen LogP contribution is 2.11. The van der Waals surface area contributed by atoms with Gasteiger partial charge in [-0.1, -0.05) is 29.8 Å². The average molecular weight is 333 g/mol. The Bertz CT molecular complexity index is 759. The predicted octanol–water partition coefficient (Wildman–Crippen LogP) is 1.79. The van der Waals surface area contributed by atoms with E-state index in [1.165, 1.54) is 6.20 Å². The molecule has 7 heteroatoms. The van der Waals surface area contributed by atoms with Gasteiger partial charge in [0.1, 0.15) is 0 Å². The van der Waals surface area contributed by atoms with Gasteiger partial charge in [0, 0.05) is 12.7 Å². The minimum absolute atomic E-state index is 0.152. The first-order chi connectivity index (χ1) is 10.8. The van der Waals surface area contributed by atoms with Crippen molar-refractivity contribution in [1.82, 2.24) is 9.29 Å². The first kappa shape index (κ1) is 17.1. The van der Waals surface area contributed by atoms with Crippen molar-refractivity contribution in [1.29, 1.82) is 0 Å². The Morgan fingerprint density at radius 3 is 2.48 bits per heavy atom. The van der Waals surface area contributed by atoms with Crippen LogP contribution in [-0.2, 0) is 21.4 Å². The van der Waals surface area contributed by atoms with E-state index in [4.69, 9.17) is 0 Å². The topological polar surface area (TPSA) is 79.4 Å². The van der Waals surface area contributed by atoms with Gasteiger partial charge < -0.3 is 5.32 Å². The number of anilines is 1. The largest absolute Gasteiger partial charge is 0.324 e. The van der Waals surface area contributed by atoms with Gasteiger partial charge in [-0.15, -0.1) is 0 Å². The van der Waals surface area contributed by atoms with Crippen molar-refractivity contribution < 1.29 is 13.2 Å². The summed E-state index contributed by atoms with van der Waals surface area (Å²) < 4.78 is 25.0. The van der Waals surface area contributed by atoms with E-state index >= 15 is 0 Å². The Hall–Kier alpha value is -2.25. The summed E-state index contributed by atoms with van der Waals surface area (Å²) in [6.07, 6.45) is 4.19. The number of nitrogens with zero attached hydrogens (tertiary/aromatic N) is 2. The molecule has 122 valence electrons. The molecule has 23 heavy (non-hydrogen) atoms. The van der Waals surface area contributed by atoms with E-state index in [2.05, 4.69) is 10.3 Å². The van der Waals surface area contributed by atoms with Crippen molar-refractivity contribution >= 4 is 21.6 Å². The molecule has 0 aliphatic rings. The monoisotopic (exact) mass is 333 g/mol. The molecule has 0 aliphatic heterocycles. The van der Waals surface area contributed by atoms with E-state index in [1.807, 2.05) is 31.2 Å². The number of carbonyl (C=O) groups is 1. The first-order valence-corrected chi connectivity index (χ1v) is 8.90. The van der Waals surface area contributed by atoms with Gasteiger partial charge in [-0.25, -0.2) is 8.42 Å². The van der Waals surface area contributed by atoms with Gasteiger partial charge in [0.05, 0.1) is 24.7 Å². The van der Waals surface area contributed by atoms with Crippen LogP contribution in [0.15, 0.2) is 48.8 Å². The second-order valence-corrected chi connectivity index (χ2v) is 7.29. The van der Waals surface area contributed by atoms with Gasteiger partial charge >= 0.3 is 0 Å². The fourth-order valence-corrected chi connectivity index (χ4v) is 2.72. The maximum atomic E-state index is 12.1. The maximum absolute atomic E-state index is 12.1. The number of aryl methyl sites for hydroxylation is 1. The van der Waals surface area contributed by atoms with Gasteiger partial charge in [-0.2, -0.15) is 4.31 Å². The van der Waals surface area contributed by atoms with Crippen molar-refractivity contribution in [2.45, 2.75) is 13.5 Å². The zero-order valence-electron chi connectivity index (χ0n) is 13.1. The second-order valence-electron chi connectivity index (χ2n) is 5.31. The van der Waals surface area contributed by atoms with Crippen LogP contribution in [0.25, 0.3) is 0 Å². The molecule has 6 nitrogen and oxygen atoms in total. The molecule has 0 unspecified atom stereocenters. The SMILES string of the molecule is Cc1ccc(CN(CC(=O)Nc2cccnc2)S(C)(=O)=O)cc1. The van der Waals surface area contributed by atoms with Gasteiger partial charge in [0.2, 0.25) is 15.9 Å². The molecule has 1 aromatic heterocycles. The fraction of sp³-hybridized carbons (Fsp3) is 0.250. The molecule has 0 saturated heterocycles. The number of sulfonamides is 1. The molecule has 1 amide bonds. The third-order valence-electron chi connectivity index (χ3n) is 3.21. The number of amides is 1. The normalized spacial score (nSPS) is 11.4. The molecule has 1 heterocycles. The van der Waals surface area contributed by atoms with Crippen LogP contribution in [0.2, 0.25) is 0 Å². The highest BCUT2D eigenvalue weighted by molar-refractivity contribution is 7.88. The molecule has 1 aromatic carbocycles. The summed E-state index contributed by atoms with van der Waals surface area (Å²) in [6, 6.07) is 10.9. The summed E-state index contributed by atoms with van der Waals surface area (Å²) in [7, 11) is -3.50. The minimum atomic E-state index is -3.50. The number of benzene rings is 1. The summed E-state index contributed by atoms with van der Waals surface area (Å²) in [4.78, 5) is 16.0. The minimum Gasteiger partial charge on any atom is -0.324 e. The van der Waals surface area contributed by atoms with Crippen LogP contribution in [-0.4, -0.2) is 36.4 Å². The molecule has 0 aliphatic carbocycles. The van der Waals surface area contributed by atoms with Gasteiger partial charge in [0.25, 0.3) is 0 Å².